The molecule has 5 heteroatoms. The van der Waals surface area contributed by atoms with E-state index >= 15 is 0 Å². The number of aromatic nitrogens is 1. The molecule has 2 rings (SSSR count). The second-order valence-corrected chi connectivity index (χ2v) is 4.79. The normalized spacial score (nSPS) is 10.2. The Morgan fingerprint density at radius 3 is 2.87 bits per heavy atom. The summed E-state index contributed by atoms with van der Waals surface area (Å²) in [4.78, 5) is 15.3. The number of aromatic carboxylic acids is 1. The van der Waals surface area contributed by atoms with Gasteiger partial charge in [-0.05, 0) is 17.7 Å². The smallest absolute Gasteiger partial charge is 0.365 e. The number of carboxylic acid groups (broad SMARTS) is 1. The molecule has 3 nitrogen and oxygen atoms in total. The average Bonchev–Trinajstić information content (AvgIpc) is 2.66. The van der Waals surface area contributed by atoms with Crippen molar-refractivity contribution in [1.82, 2.24) is 4.98 Å². The van der Waals surface area contributed by atoms with E-state index in [9.17, 15) is 4.79 Å². The highest BCUT2D eigenvalue weighted by Crippen LogP contribution is 2.27. The summed E-state index contributed by atoms with van der Waals surface area (Å²) in [7, 11) is 0. The van der Waals surface area contributed by atoms with Gasteiger partial charge in [-0.2, -0.15) is 0 Å². The number of hydrogen-bond donors (Lipinski definition) is 1. The molecule has 0 amide bonds. The van der Waals surface area contributed by atoms with E-state index in [1.807, 2.05) is 24.3 Å². The summed E-state index contributed by atoms with van der Waals surface area (Å²) in [5.74, 6) is -0.985. The fourth-order valence-corrected chi connectivity index (χ4v) is 2.30. The maximum absolute atomic E-state index is 10.7. The predicted molar refractivity (Wildman–Crippen MR) is 62.2 cm³/mol. The van der Waals surface area contributed by atoms with Gasteiger partial charge in [0.1, 0.15) is 0 Å². The lowest BCUT2D eigenvalue weighted by molar-refractivity contribution is 0.0696. The van der Waals surface area contributed by atoms with E-state index < -0.39 is 5.97 Å². The number of carbonyl (C=O) groups is 1. The topological polar surface area (TPSA) is 50.2 Å². The molecular formula is C10H6BrNO2S. The molecule has 0 bridgehead atoms. The van der Waals surface area contributed by atoms with Crippen molar-refractivity contribution in [1.29, 1.82) is 0 Å². The van der Waals surface area contributed by atoms with Crippen LogP contribution in [0.1, 0.15) is 9.80 Å². The molecule has 1 aromatic carbocycles. The highest BCUT2D eigenvalue weighted by molar-refractivity contribution is 9.10. The third kappa shape index (κ3) is 2.24. The first kappa shape index (κ1) is 10.3. The van der Waals surface area contributed by atoms with Crippen LogP contribution in [0.2, 0.25) is 0 Å². The molecule has 76 valence electrons. The van der Waals surface area contributed by atoms with Gasteiger partial charge in [0.25, 0.3) is 0 Å². The van der Waals surface area contributed by atoms with E-state index in [2.05, 4.69) is 20.9 Å². The highest BCUT2D eigenvalue weighted by atomic mass is 79.9. The Hall–Kier alpha value is -1.20. The molecule has 1 heterocycles. The fraction of sp³-hybridized carbons (Fsp3) is 0. The minimum absolute atomic E-state index is 0.116. The third-order valence-corrected chi connectivity index (χ3v) is 3.33. The summed E-state index contributed by atoms with van der Waals surface area (Å²) in [6.07, 6.45) is 1.58. The van der Waals surface area contributed by atoms with Gasteiger partial charge in [-0.25, -0.2) is 9.78 Å². The Labute approximate surface area is 98.5 Å². The molecule has 0 saturated carbocycles. The Kier molecular flexibility index (Phi) is 2.83. The minimum atomic E-state index is -0.985. The first-order valence-corrected chi connectivity index (χ1v) is 5.73. The first-order valence-electron chi connectivity index (χ1n) is 4.12. The molecular weight excluding hydrogens is 278 g/mol. The maximum atomic E-state index is 10.7. The van der Waals surface area contributed by atoms with Crippen molar-refractivity contribution in [2.75, 3.05) is 0 Å². The predicted octanol–water partition coefficient (Wildman–Crippen LogP) is 3.27. The zero-order chi connectivity index (χ0) is 10.8. The highest BCUT2D eigenvalue weighted by Gasteiger charge is 2.09. The van der Waals surface area contributed by atoms with Crippen LogP contribution in [0.5, 0.6) is 0 Å². The lowest BCUT2D eigenvalue weighted by Crippen LogP contribution is -1.92. The van der Waals surface area contributed by atoms with Crippen molar-refractivity contribution in [2.45, 2.75) is 0 Å². The first-order chi connectivity index (χ1) is 7.16. The molecule has 0 aliphatic rings. The number of thiazole rings is 1. The van der Waals surface area contributed by atoms with Crippen LogP contribution in [0, 0.1) is 0 Å². The number of hydrogen-bond acceptors (Lipinski definition) is 3. The van der Waals surface area contributed by atoms with Gasteiger partial charge in [-0.3, -0.25) is 0 Å². The zero-order valence-corrected chi connectivity index (χ0v) is 9.88. The van der Waals surface area contributed by atoms with Gasteiger partial charge >= 0.3 is 5.97 Å². The molecule has 1 aromatic heterocycles. The summed E-state index contributed by atoms with van der Waals surface area (Å²) in [6.45, 7) is 0. The van der Waals surface area contributed by atoms with E-state index in [-0.39, 0.29) is 5.01 Å². The van der Waals surface area contributed by atoms with Gasteiger partial charge in [0, 0.05) is 10.7 Å². The second kappa shape index (κ2) is 4.12. The SMILES string of the molecule is O=C(O)c1ncc(-c2cccc(Br)c2)s1. The molecule has 0 radical (unpaired) electrons. The Balaban J connectivity index is 2.41. The minimum Gasteiger partial charge on any atom is -0.476 e. The summed E-state index contributed by atoms with van der Waals surface area (Å²) in [5, 5.41) is 8.85. The van der Waals surface area contributed by atoms with Crippen LogP contribution in [0.15, 0.2) is 34.9 Å². The van der Waals surface area contributed by atoms with Crippen molar-refractivity contribution in [2.24, 2.45) is 0 Å². The Morgan fingerprint density at radius 1 is 1.47 bits per heavy atom. The van der Waals surface area contributed by atoms with Crippen LogP contribution in [0.4, 0.5) is 0 Å². The van der Waals surface area contributed by atoms with Crippen LogP contribution in [0.25, 0.3) is 10.4 Å². The van der Waals surface area contributed by atoms with Gasteiger partial charge in [-0.15, -0.1) is 11.3 Å². The lowest BCUT2D eigenvalue weighted by atomic mass is 10.2. The van der Waals surface area contributed by atoms with Gasteiger partial charge in [0.15, 0.2) is 0 Å². The number of nitrogens with zero attached hydrogens (tertiary/aromatic N) is 1. The standard InChI is InChI=1S/C10H6BrNO2S/c11-7-3-1-2-6(4-7)8-5-12-9(15-8)10(13)14/h1-5H,(H,13,14). The number of halogens is 1. The van der Waals surface area contributed by atoms with Crippen molar-refractivity contribution in [3.63, 3.8) is 0 Å². The van der Waals surface area contributed by atoms with Gasteiger partial charge in [0.2, 0.25) is 5.01 Å². The van der Waals surface area contributed by atoms with Gasteiger partial charge in [0.05, 0.1) is 4.88 Å². The molecule has 0 atom stereocenters. The van der Waals surface area contributed by atoms with E-state index in [1.54, 1.807) is 6.20 Å². The summed E-state index contributed by atoms with van der Waals surface area (Å²) < 4.78 is 0.963. The quantitative estimate of drug-likeness (QED) is 0.920. The maximum Gasteiger partial charge on any atom is 0.365 e. The van der Waals surface area contributed by atoms with Crippen molar-refractivity contribution in [3.05, 3.63) is 39.9 Å². The number of benzene rings is 1. The van der Waals surface area contributed by atoms with E-state index in [4.69, 9.17) is 5.11 Å². The molecule has 0 saturated heterocycles. The van der Waals surface area contributed by atoms with E-state index in [1.165, 1.54) is 11.3 Å². The molecule has 0 fully saturated rings. The van der Waals surface area contributed by atoms with Gasteiger partial charge in [-0.1, -0.05) is 28.1 Å². The summed E-state index contributed by atoms with van der Waals surface area (Å²) >= 11 is 4.53. The average molecular weight is 284 g/mol. The Bertz CT molecular complexity index is 510. The second-order valence-electron chi connectivity index (χ2n) is 2.85. The van der Waals surface area contributed by atoms with Gasteiger partial charge < -0.3 is 5.11 Å². The van der Waals surface area contributed by atoms with Crippen molar-refractivity contribution < 1.29 is 9.90 Å². The molecule has 0 unspecified atom stereocenters. The zero-order valence-electron chi connectivity index (χ0n) is 7.48. The van der Waals surface area contributed by atoms with E-state index in [0.717, 1.165) is 14.9 Å². The van der Waals surface area contributed by atoms with Crippen molar-refractivity contribution >= 4 is 33.2 Å². The third-order valence-electron chi connectivity index (χ3n) is 1.80. The molecule has 0 aliphatic carbocycles. The van der Waals surface area contributed by atoms with Crippen LogP contribution < -0.4 is 0 Å². The number of carboxylic acids is 1. The monoisotopic (exact) mass is 283 g/mol. The summed E-state index contributed by atoms with van der Waals surface area (Å²) in [5.41, 5.74) is 0.967. The summed E-state index contributed by atoms with van der Waals surface area (Å²) in [6, 6.07) is 7.67. The van der Waals surface area contributed by atoms with Crippen LogP contribution in [-0.4, -0.2) is 16.1 Å². The van der Waals surface area contributed by atoms with Crippen LogP contribution in [0.3, 0.4) is 0 Å². The van der Waals surface area contributed by atoms with Crippen LogP contribution >= 0.6 is 27.3 Å². The van der Waals surface area contributed by atoms with Crippen LogP contribution in [-0.2, 0) is 0 Å². The fourth-order valence-electron chi connectivity index (χ4n) is 1.15. The number of rotatable bonds is 2. The molecule has 15 heavy (non-hydrogen) atoms. The Morgan fingerprint density at radius 2 is 2.27 bits per heavy atom. The largest absolute Gasteiger partial charge is 0.476 e. The molecule has 0 aliphatic heterocycles. The lowest BCUT2D eigenvalue weighted by Gasteiger charge is -1.96. The van der Waals surface area contributed by atoms with Crippen molar-refractivity contribution in [3.8, 4) is 10.4 Å². The molecule has 0 spiro atoms. The molecule has 1 N–H and O–H groups in total. The van der Waals surface area contributed by atoms with E-state index in [0.29, 0.717) is 0 Å². The molecule has 2 aromatic rings.